The number of rotatable bonds is 3. The van der Waals surface area contributed by atoms with Crippen LogP contribution in [0.3, 0.4) is 0 Å². The molecule has 4 heteroatoms. The highest BCUT2D eigenvalue weighted by Crippen LogP contribution is 2.32. The van der Waals surface area contributed by atoms with E-state index in [9.17, 15) is 9.59 Å². The van der Waals surface area contributed by atoms with E-state index in [-0.39, 0.29) is 17.9 Å². The Balaban J connectivity index is 1.73. The average molecular weight is 320 g/mol. The van der Waals surface area contributed by atoms with Crippen LogP contribution in [0.15, 0.2) is 54.6 Å². The third-order valence-electron chi connectivity index (χ3n) is 4.09. The van der Waals surface area contributed by atoms with Crippen LogP contribution in [0.25, 0.3) is 6.08 Å². The molecule has 1 heterocycles. The van der Waals surface area contributed by atoms with Gasteiger partial charge in [-0.25, -0.2) is 0 Å². The first-order valence-electron chi connectivity index (χ1n) is 8.01. The summed E-state index contributed by atoms with van der Waals surface area (Å²) in [5.41, 5.74) is 3.87. The third-order valence-corrected chi connectivity index (χ3v) is 4.09. The third kappa shape index (κ3) is 3.38. The van der Waals surface area contributed by atoms with E-state index in [2.05, 4.69) is 18.3 Å². The van der Waals surface area contributed by atoms with Crippen LogP contribution in [-0.4, -0.2) is 17.9 Å². The summed E-state index contributed by atoms with van der Waals surface area (Å²) in [7, 11) is 0. The largest absolute Gasteiger partial charge is 0.326 e. The number of hydrogen-bond donors (Lipinski definition) is 1. The summed E-state index contributed by atoms with van der Waals surface area (Å²) in [4.78, 5) is 25.4. The lowest BCUT2D eigenvalue weighted by molar-refractivity contribution is -0.115. The predicted octanol–water partition coefficient (Wildman–Crippen LogP) is 3.64. The molecule has 4 nitrogen and oxygen atoms in total. The van der Waals surface area contributed by atoms with Gasteiger partial charge >= 0.3 is 0 Å². The van der Waals surface area contributed by atoms with E-state index < -0.39 is 0 Å². The summed E-state index contributed by atoms with van der Waals surface area (Å²) in [6.07, 6.45) is 4.29. The maximum Gasteiger partial charge on any atom is 0.251 e. The molecule has 0 aromatic heterocycles. The smallest absolute Gasteiger partial charge is 0.251 e. The lowest BCUT2D eigenvalue weighted by atomic mass is 10.1. The van der Waals surface area contributed by atoms with Gasteiger partial charge in [-0.05, 0) is 48.7 Å². The van der Waals surface area contributed by atoms with Gasteiger partial charge in [0, 0.05) is 30.4 Å². The second-order valence-corrected chi connectivity index (χ2v) is 6.03. The number of anilines is 2. The quantitative estimate of drug-likeness (QED) is 0.878. The van der Waals surface area contributed by atoms with Crippen molar-refractivity contribution < 1.29 is 9.59 Å². The summed E-state index contributed by atoms with van der Waals surface area (Å²) < 4.78 is 0. The fourth-order valence-electron chi connectivity index (χ4n) is 3.03. The zero-order valence-corrected chi connectivity index (χ0v) is 13.8. The summed E-state index contributed by atoms with van der Waals surface area (Å²) in [5.74, 6) is -0.117. The molecular weight excluding hydrogens is 300 g/mol. The molecule has 2 aromatic rings. The lowest BCUT2D eigenvalue weighted by Gasteiger charge is -2.20. The molecule has 0 bridgehead atoms. The molecule has 0 spiro atoms. The van der Waals surface area contributed by atoms with E-state index in [1.165, 1.54) is 12.5 Å². The van der Waals surface area contributed by atoms with E-state index in [1.54, 1.807) is 12.2 Å². The second kappa shape index (κ2) is 6.71. The van der Waals surface area contributed by atoms with Crippen molar-refractivity contribution in [2.75, 3.05) is 10.2 Å². The summed E-state index contributed by atoms with van der Waals surface area (Å²) in [6, 6.07) is 15.6. The van der Waals surface area contributed by atoms with Crippen LogP contribution >= 0.6 is 0 Å². The van der Waals surface area contributed by atoms with Gasteiger partial charge in [0.1, 0.15) is 0 Å². The fraction of sp³-hybridized carbons (Fsp3) is 0.200. The molecule has 3 rings (SSSR count). The number of benzene rings is 2. The predicted molar refractivity (Wildman–Crippen MR) is 96.9 cm³/mol. The molecule has 0 radical (unpaired) electrons. The number of carbonyl (C=O) groups excluding carboxylic acids is 2. The molecule has 1 aliphatic heterocycles. The Kier molecular flexibility index (Phi) is 4.47. The number of para-hydroxylation sites is 1. The van der Waals surface area contributed by atoms with E-state index in [1.807, 2.05) is 47.4 Å². The van der Waals surface area contributed by atoms with Gasteiger partial charge in [-0.3, -0.25) is 9.59 Å². The van der Waals surface area contributed by atoms with Gasteiger partial charge in [-0.1, -0.05) is 30.3 Å². The van der Waals surface area contributed by atoms with Gasteiger partial charge in [0.2, 0.25) is 5.91 Å². The first kappa shape index (κ1) is 16.0. The monoisotopic (exact) mass is 320 g/mol. The Labute approximate surface area is 141 Å². The maximum absolute atomic E-state index is 12.6. The zero-order valence-electron chi connectivity index (χ0n) is 13.8. The van der Waals surface area contributed by atoms with Crippen LogP contribution in [0.2, 0.25) is 0 Å². The molecule has 122 valence electrons. The molecule has 1 N–H and O–H groups in total. The van der Waals surface area contributed by atoms with Crippen molar-refractivity contribution in [1.82, 2.24) is 0 Å². The van der Waals surface area contributed by atoms with Gasteiger partial charge in [0.15, 0.2) is 0 Å². The Hall–Kier alpha value is -2.88. The number of hydrogen-bond acceptors (Lipinski definition) is 2. The van der Waals surface area contributed by atoms with Gasteiger partial charge in [-0.2, -0.15) is 0 Å². The van der Waals surface area contributed by atoms with Gasteiger partial charge < -0.3 is 10.2 Å². The number of nitrogens with zero attached hydrogens (tertiary/aromatic N) is 1. The SMILES string of the molecule is CC(=O)Nc1ccc(/C=C/C(=O)N2c3ccccc3CC2C)cc1. The molecular formula is C20H20N2O2. The number of nitrogens with one attached hydrogen (secondary N) is 1. The Bertz CT molecular complexity index is 794. The minimum absolute atomic E-state index is 0.0154. The molecule has 0 saturated heterocycles. The minimum Gasteiger partial charge on any atom is -0.326 e. The molecule has 2 aromatic carbocycles. The first-order valence-corrected chi connectivity index (χ1v) is 8.01. The van der Waals surface area contributed by atoms with Crippen LogP contribution in [-0.2, 0) is 16.0 Å². The molecule has 1 atom stereocenters. The number of fused-ring (bicyclic) bond motifs is 1. The number of carbonyl (C=O) groups is 2. The highest BCUT2D eigenvalue weighted by Gasteiger charge is 2.29. The van der Waals surface area contributed by atoms with E-state index in [4.69, 9.17) is 0 Å². The zero-order chi connectivity index (χ0) is 17.1. The normalized spacial score (nSPS) is 16.2. The van der Waals surface area contributed by atoms with Crippen molar-refractivity contribution in [1.29, 1.82) is 0 Å². The minimum atomic E-state index is -0.102. The number of amides is 2. The standard InChI is InChI=1S/C20H20N2O2/c1-14-13-17-5-3-4-6-19(17)22(14)20(24)12-9-16-7-10-18(11-8-16)21-15(2)23/h3-12,14H,13H2,1-2H3,(H,21,23)/b12-9+. The summed E-state index contributed by atoms with van der Waals surface area (Å²) >= 11 is 0. The summed E-state index contributed by atoms with van der Waals surface area (Å²) in [5, 5.41) is 2.72. The van der Waals surface area contributed by atoms with E-state index in [0.717, 1.165) is 23.4 Å². The van der Waals surface area contributed by atoms with E-state index >= 15 is 0 Å². The van der Waals surface area contributed by atoms with Crippen LogP contribution in [0.4, 0.5) is 11.4 Å². The fourth-order valence-corrected chi connectivity index (χ4v) is 3.03. The summed E-state index contributed by atoms with van der Waals surface area (Å²) in [6.45, 7) is 3.54. The van der Waals surface area contributed by atoms with Crippen molar-refractivity contribution in [3.05, 3.63) is 65.7 Å². The van der Waals surface area contributed by atoms with Crippen molar-refractivity contribution >= 4 is 29.3 Å². The first-order chi connectivity index (χ1) is 11.5. The molecule has 24 heavy (non-hydrogen) atoms. The molecule has 0 fully saturated rings. The van der Waals surface area contributed by atoms with Gasteiger partial charge in [0.05, 0.1) is 0 Å². The van der Waals surface area contributed by atoms with Gasteiger partial charge in [0.25, 0.3) is 5.91 Å². The van der Waals surface area contributed by atoms with Crippen molar-refractivity contribution in [3.63, 3.8) is 0 Å². The molecule has 0 aliphatic carbocycles. The molecule has 2 amide bonds. The van der Waals surface area contributed by atoms with Crippen LogP contribution < -0.4 is 10.2 Å². The van der Waals surface area contributed by atoms with E-state index in [0.29, 0.717) is 0 Å². The molecule has 0 saturated carbocycles. The molecule has 1 unspecified atom stereocenters. The van der Waals surface area contributed by atoms with Crippen molar-refractivity contribution in [2.24, 2.45) is 0 Å². The molecule has 1 aliphatic rings. The van der Waals surface area contributed by atoms with Gasteiger partial charge in [-0.15, -0.1) is 0 Å². The Morgan fingerprint density at radius 3 is 2.54 bits per heavy atom. The maximum atomic E-state index is 12.6. The topological polar surface area (TPSA) is 49.4 Å². The average Bonchev–Trinajstić information content (AvgIpc) is 2.89. The van der Waals surface area contributed by atoms with Crippen LogP contribution in [0.1, 0.15) is 25.0 Å². The van der Waals surface area contributed by atoms with Crippen LogP contribution in [0, 0.1) is 0 Å². The van der Waals surface area contributed by atoms with Crippen LogP contribution in [0.5, 0.6) is 0 Å². The second-order valence-electron chi connectivity index (χ2n) is 6.03. The highest BCUT2D eigenvalue weighted by atomic mass is 16.2. The Morgan fingerprint density at radius 1 is 1.12 bits per heavy atom. The highest BCUT2D eigenvalue weighted by molar-refractivity contribution is 6.05. The van der Waals surface area contributed by atoms with Crippen molar-refractivity contribution in [3.8, 4) is 0 Å². The Morgan fingerprint density at radius 2 is 1.83 bits per heavy atom. The van der Waals surface area contributed by atoms with Crippen molar-refractivity contribution in [2.45, 2.75) is 26.3 Å². The lowest BCUT2D eigenvalue weighted by Crippen LogP contribution is -2.34.